The predicted octanol–water partition coefficient (Wildman–Crippen LogP) is 10.0. The van der Waals surface area contributed by atoms with E-state index in [2.05, 4.69) is 39.8 Å². The minimum absolute atomic E-state index is 0.0988. The maximum Gasteiger partial charge on any atom is 0.186 e. The number of rotatable bonds is 16. The molecule has 4 bridgehead atoms. The van der Waals surface area contributed by atoms with Crippen molar-refractivity contribution in [2.75, 3.05) is 34.5 Å². The second kappa shape index (κ2) is 20.1. The molecule has 0 unspecified atom stereocenters. The zero-order valence-corrected chi connectivity index (χ0v) is 41.2. The maximum absolute atomic E-state index is 12.4. The maximum atomic E-state index is 12.4. The van der Waals surface area contributed by atoms with Crippen molar-refractivity contribution in [2.24, 2.45) is 46.3 Å². The third-order valence-electron chi connectivity index (χ3n) is 17.6. The van der Waals surface area contributed by atoms with Gasteiger partial charge in [-0.1, -0.05) is 73.5 Å². The highest BCUT2D eigenvalue weighted by atomic mass is 16.7. The molecule has 1 spiro atoms. The minimum Gasteiger partial charge on any atom is -0.497 e. The summed E-state index contributed by atoms with van der Waals surface area (Å²) in [6, 6.07) is 23.4. The summed E-state index contributed by atoms with van der Waals surface area (Å²) < 4.78 is 63.5. The van der Waals surface area contributed by atoms with E-state index in [1.54, 1.807) is 21.3 Å². The van der Waals surface area contributed by atoms with Crippen LogP contribution in [-0.2, 0) is 53.0 Å². The van der Waals surface area contributed by atoms with E-state index in [0.29, 0.717) is 48.2 Å². The van der Waals surface area contributed by atoms with Crippen molar-refractivity contribution in [1.29, 1.82) is 0 Å². The Labute approximate surface area is 403 Å². The van der Waals surface area contributed by atoms with E-state index >= 15 is 0 Å². The summed E-state index contributed by atoms with van der Waals surface area (Å²) in [5.74, 6) is 5.58. The largest absolute Gasteiger partial charge is 0.497 e. The molecule has 3 aromatic rings. The van der Waals surface area contributed by atoms with Gasteiger partial charge in [0, 0.05) is 11.3 Å². The number of fused-ring (bicyclic) bond motifs is 6. The molecule has 0 aromatic heterocycles. The second-order valence-corrected chi connectivity index (χ2v) is 21.5. The van der Waals surface area contributed by atoms with Gasteiger partial charge in [-0.15, -0.1) is 0 Å². The van der Waals surface area contributed by atoms with Crippen molar-refractivity contribution in [2.45, 2.75) is 142 Å². The van der Waals surface area contributed by atoms with Crippen LogP contribution >= 0.6 is 0 Å². The monoisotopic (exact) mass is 935 g/mol. The van der Waals surface area contributed by atoms with Crippen molar-refractivity contribution < 1.29 is 52.5 Å². The van der Waals surface area contributed by atoms with Crippen LogP contribution in [0, 0.1) is 46.3 Å². The molecule has 11 rings (SSSR count). The molecule has 16 atom stereocenters. The summed E-state index contributed by atoms with van der Waals surface area (Å²) in [5.41, 5.74) is 6.04. The van der Waals surface area contributed by atoms with Gasteiger partial charge < -0.3 is 52.5 Å². The lowest BCUT2D eigenvalue weighted by Crippen LogP contribution is -2.61. The predicted molar refractivity (Wildman–Crippen MR) is 257 cm³/mol. The summed E-state index contributed by atoms with van der Waals surface area (Å²) in [6.07, 6.45) is 8.30. The number of allylic oxidation sites excluding steroid dienone is 2. The van der Waals surface area contributed by atoms with Crippen LogP contribution in [0.4, 0.5) is 0 Å². The van der Waals surface area contributed by atoms with E-state index in [-0.39, 0.29) is 43.0 Å². The molecular weight excluding hydrogens is 861 g/mol. The standard InChI is InChI=1S/C57H74O11/c1-34(2)26-45-35(3)50-48-28-47-44-21-14-39-27-43(22-24-56(39,4)46(44)23-25-57(47,50)33-65-54(45)67-48)66-55-51(58)53(64-31-38-12-19-42(61-7)20-13-38)52(63-30-37-10-17-41(60-6)18-11-37)49(68-55)32-62-29-36-8-15-40(59-5)16-9-36/h8-20,26,35,43-55,58H,21-25,27-33H2,1-7H3/t35-,43+,44-,45-,46+,47+,48+,49-,50+,51-,52-,53-,54+,55-,56+,57-/m1/s1. The van der Waals surface area contributed by atoms with Gasteiger partial charge in [0.25, 0.3) is 0 Å². The van der Waals surface area contributed by atoms with Gasteiger partial charge in [0.05, 0.1) is 66.6 Å². The van der Waals surface area contributed by atoms with Gasteiger partial charge in [0.15, 0.2) is 12.6 Å². The lowest BCUT2D eigenvalue weighted by atomic mass is 9.46. The van der Waals surface area contributed by atoms with E-state index in [1.165, 1.54) is 24.0 Å². The highest BCUT2D eigenvalue weighted by molar-refractivity contribution is 5.30. The summed E-state index contributed by atoms with van der Waals surface area (Å²) >= 11 is 0. The molecule has 4 saturated heterocycles. The van der Waals surface area contributed by atoms with Gasteiger partial charge >= 0.3 is 0 Å². The molecule has 0 amide bonds. The number of ether oxygens (including phenoxy) is 10. The molecule has 4 heterocycles. The fourth-order valence-electron chi connectivity index (χ4n) is 14.2. The van der Waals surface area contributed by atoms with Gasteiger partial charge in [-0.25, -0.2) is 0 Å². The lowest BCUT2D eigenvalue weighted by molar-refractivity contribution is -0.328. The molecule has 4 aliphatic carbocycles. The van der Waals surface area contributed by atoms with Crippen LogP contribution < -0.4 is 14.2 Å². The Kier molecular flexibility index (Phi) is 14.2. The van der Waals surface area contributed by atoms with Crippen molar-refractivity contribution >= 4 is 0 Å². The van der Waals surface area contributed by atoms with Gasteiger partial charge in [-0.3, -0.25) is 0 Å². The molecule has 7 fully saturated rings. The zero-order chi connectivity index (χ0) is 47.2. The highest BCUT2D eigenvalue weighted by Crippen LogP contribution is 2.70. The SMILES string of the molecule is COc1ccc(COC[C@H]2O[C@@H](O[C@H]3CC[C@@]4(C)C(=CC[C@H]5[C@@H]6C[C@@H]7O[C@@H]8OC[C@@]6(CC[C@@H]54)[C@H]7[C@H](C)[C@H]8C=C(C)C)C3)[C@H](O)[C@@H](OCc3ccc(OC)cc3)[C@@H]2OCc2ccc(OC)cc2)cc1. The Morgan fingerprint density at radius 1 is 0.765 bits per heavy atom. The normalized spacial score (nSPS) is 38.0. The van der Waals surface area contributed by atoms with E-state index in [1.807, 2.05) is 72.8 Å². The first-order valence-corrected chi connectivity index (χ1v) is 25.3. The Morgan fingerprint density at radius 2 is 1.38 bits per heavy atom. The number of hydrogen-bond acceptors (Lipinski definition) is 11. The van der Waals surface area contributed by atoms with E-state index in [4.69, 9.17) is 47.4 Å². The van der Waals surface area contributed by atoms with Gasteiger partial charge in [0.2, 0.25) is 0 Å². The molecule has 1 N–H and O–H groups in total. The molecule has 368 valence electrons. The van der Waals surface area contributed by atoms with Crippen LogP contribution in [0.1, 0.15) is 89.3 Å². The summed E-state index contributed by atoms with van der Waals surface area (Å²) in [7, 11) is 4.97. The molecular formula is C57H74O11. The highest BCUT2D eigenvalue weighted by Gasteiger charge is 2.68. The van der Waals surface area contributed by atoms with Gasteiger partial charge in [-0.05, 0) is 147 Å². The van der Waals surface area contributed by atoms with Crippen LogP contribution in [0.5, 0.6) is 17.2 Å². The van der Waals surface area contributed by atoms with Crippen LogP contribution in [0.15, 0.2) is 96.1 Å². The second-order valence-electron chi connectivity index (χ2n) is 21.5. The topological polar surface area (TPSA) is 113 Å². The first-order chi connectivity index (χ1) is 33.0. The zero-order valence-electron chi connectivity index (χ0n) is 41.2. The third kappa shape index (κ3) is 9.20. The number of hydrogen-bond donors (Lipinski definition) is 1. The Bertz CT molecular complexity index is 2220. The number of methoxy groups -OCH3 is 3. The summed E-state index contributed by atoms with van der Waals surface area (Å²) in [5, 5.41) is 12.4. The Balaban J connectivity index is 0.870. The van der Waals surface area contributed by atoms with Crippen molar-refractivity contribution in [3.63, 3.8) is 0 Å². The number of aliphatic hydroxyl groups excluding tert-OH is 1. The summed E-state index contributed by atoms with van der Waals surface area (Å²) in [4.78, 5) is 0. The fourth-order valence-corrected chi connectivity index (χ4v) is 14.2. The van der Waals surface area contributed by atoms with Crippen molar-refractivity contribution in [3.05, 3.63) is 113 Å². The fraction of sp³-hybridized carbons (Fsp3) is 0.614. The molecule has 11 nitrogen and oxygen atoms in total. The smallest absolute Gasteiger partial charge is 0.186 e. The molecule has 4 aliphatic heterocycles. The molecule has 3 aromatic carbocycles. The van der Waals surface area contributed by atoms with E-state index in [0.717, 1.165) is 72.6 Å². The summed E-state index contributed by atoms with van der Waals surface area (Å²) in [6.45, 7) is 11.3. The molecule has 8 aliphatic rings. The van der Waals surface area contributed by atoms with Crippen LogP contribution in [0.3, 0.4) is 0 Å². The molecule has 68 heavy (non-hydrogen) atoms. The minimum atomic E-state index is -1.14. The average molecular weight is 935 g/mol. The van der Waals surface area contributed by atoms with Gasteiger partial charge in [-0.2, -0.15) is 0 Å². The molecule has 11 heteroatoms. The molecule has 3 saturated carbocycles. The first-order valence-electron chi connectivity index (χ1n) is 25.3. The Hall–Kier alpha value is -3.78. The van der Waals surface area contributed by atoms with E-state index in [9.17, 15) is 5.11 Å². The average Bonchev–Trinajstić information content (AvgIpc) is 3.54. The lowest BCUT2D eigenvalue weighted by Gasteiger charge is -2.59. The Morgan fingerprint density at radius 3 is 2.00 bits per heavy atom. The number of benzene rings is 3. The van der Waals surface area contributed by atoms with Gasteiger partial charge in [0.1, 0.15) is 41.7 Å². The quantitative estimate of drug-likeness (QED) is 0.139. The first kappa shape index (κ1) is 47.9. The number of aliphatic hydroxyl groups is 1. The molecule has 0 radical (unpaired) electrons. The van der Waals surface area contributed by atoms with Crippen LogP contribution in [-0.4, -0.2) is 88.9 Å². The van der Waals surface area contributed by atoms with Crippen LogP contribution in [0.2, 0.25) is 0 Å². The van der Waals surface area contributed by atoms with Crippen LogP contribution in [0.25, 0.3) is 0 Å². The van der Waals surface area contributed by atoms with Crippen molar-refractivity contribution in [1.82, 2.24) is 0 Å². The van der Waals surface area contributed by atoms with Crippen molar-refractivity contribution in [3.8, 4) is 17.2 Å². The third-order valence-corrected chi connectivity index (χ3v) is 17.6. The van der Waals surface area contributed by atoms with E-state index < -0.39 is 30.7 Å².